The average Bonchev–Trinajstić information content (AvgIpc) is 3.61. The summed E-state index contributed by atoms with van der Waals surface area (Å²) in [6.45, 7) is 7.20. The second-order valence-corrected chi connectivity index (χ2v) is 14.8. The lowest BCUT2D eigenvalue weighted by Crippen LogP contribution is -2.27. The van der Waals surface area contributed by atoms with Gasteiger partial charge < -0.3 is 14.5 Å². The molecule has 2 aromatic heterocycles. The molecule has 0 saturated carbocycles. The SMILES string of the molecule is CNC(=O)c1c(-c2ccc(C)cc2)oc2cc(N(C)S(C)(=O)=O)c(-c3ccc4c(c3)c(-c3ccc(F)cc3)nn4C(=O)OC(C)(C)C)cc12. The van der Waals surface area contributed by atoms with Gasteiger partial charge in [-0.15, -0.1) is 0 Å². The zero-order valence-electron chi connectivity index (χ0n) is 28.1. The number of halogens is 1. The number of hydrogen-bond donors (Lipinski definition) is 1. The summed E-state index contributed by atoms with van der Waals surface area (Å²) in [4.78, 5) is 26.7. The van der Waals surface area contributed by atoms with E-state index in [1.165, 1.54) is 26.2 Å². The smallest absolute Gasteiger partial charge is 0.435 e. The number of hydrogen-bond acceptors (Lipinski definition) is 7. The Morgan fingerprint density at radius 1 is 0.918 bits per heavy atom. The number of ether oxygens (including phenoxy) is 1. The van der Waals surface area contributed by atoms with Crippen molar-refractivity contribution in [3.05, 3.63) is 95.8 Å². The van der Waals surface area contributed by atoms with Crippen LogP contribution >= 0.6 is 0 Å². The molecular formula is C37H35FN4O6S. The number of anilines is 1. The fourth-order valence-corrected chi connectivity index (χ4v) is 6.12. The fourth-order valence-electron chi connectivity index (χ4n) is 5.61. The molecule has 0 unspecified atom stereocenters. The maximum absolute atomic E-state index is 13.9. The van der Waals surface area contributed by atoms with Gasteiger partial charge in [0.2, 0.25) is 10.0 Å². The number of sulfonamides is 1. The van der Waals surface area contributed by atoms with Crippen LogP contribution in [0.25, 0.3) is 55.6 Å². The highest BCUT2D eigenvalue weighted by Gasteiger charge is 2.27. The zero-order valence-corrected chi connectivity index (χ0v) is 28.9. The highest BCUT2D eigenvalue weighted by Crippen LogP contribution is 2.42. The highest BCUT2D eigenvalue weighted by molar-refractivity contribution is 7.92. The first-order valence-corrected chi connectivity index (χ1v) is 17.3. The van der Waals surface area contributed by atoms with E-state index in [0.29, 0.717) is 66.8 Å². The van der Waals surface area contributed by atoms with E-state index in [4.69, 9.17) is 9.15 Å². The summed E-state index contributed by atoms with van der Waals surface area (Å²) in [6, 6.07) is 21.8. The molecule has 0 bridgehead atoms. The topological polar surface area (TPSA) is 124 Å². The van der Waals surface area contributed by atoms with E-state index >= 15 is 0 Å². The molecule has 0 radical (unpaired) electrons. The Morgan fingerprint density at radius 2 is 1.55 bits per heavy atom. The van der Waals surface area contributed by atoms with E-state index in [2.05, 4.69) is 10.4 Å². The van der Waals surface area contributed by atoms with Crippen LogP contribution in [0, 0.1) is 12.7 Å². The van der Waals surface area contributed by atoms with Crippen LogP contribution in [0.3, 0.4) is 0 Å². The lowest BCUT2D eigenvalue weighted by Gasteiger charge is -2.21. The normalized spacial score (nSPS) is 12.0. The van der Waals surface area contributed by atoms with Gasteiger partial charge in [0.25, 0.3) is 5.91 Å². The minimum absolute atomic E-state index is 0.294. The number of furan rings is 1. The minimum atomic E-state index is -3.76. The monoisotopic (exact) mass is 682 g/mol. The molecule has 1 amide bonds. The van der Waals surface area contributed by atoms with Crippen molar-refractivity contribution < 1.29 is 31.6 Å². The molecule has 12 heteroatoms. The van der Waals surface area contributed by atoms with Crippen molar-refractivity contribution in [1.29, 1.82) is 0 Å². The summed E-state index contributed by atoms with van der Waals surface area (Å²) < 4.78 is 54.0. The molecule has 6 aromatic rings. The fraction of sp³-hybridized carbons (Fsp3) is 0.216. The van der Waals surface area contributed by atoms with Gasteiger partial charge in [0.05, 0.1) is 23.0 Å². The molecule has 252 valence electrons. The van der Waals surface area contributed by atoms with E-state index in [-0.39, 0.29) is 5.91 Å². The third-order valence-electron chi connectivity index (χ3n) is 8.09. The molecule has 2 heterocycles. The molecule has 0 aliphatic heterocycles. The molecule has 6 rings (SSSR count). The summed E-state index contributed by atoms with van der Waals surface area (Å²) in [6.07, 6.45) is 0.395. The number of aromatic nitrogens is 2. The van der Waals surface area contributed by atoms with E-state index in [0.717, 1.165) is 20.8 Å². The molecule has 0 aliphatic carbocycles. The van der Waals surface area contributed by atoms with E-state index < -0.39 is 27.5 Å². The standard InChI is InChI=1S/C37H35FN4O6S/c1-21-8-10-23(11-9-21)34-32(35(43)39-5)28-19-26(30(20-31(28)47-34)41(6)49(7,45)46)24-14-17-29-27(18-24)33(22-12-15-25(38)16-13-22)40-42(29)36(44)48-37(2,3)4/h8-20H,1-7H3,(H,39,43). The van der Waals surface area contributed by atoms with E-state index in [9.17, 15) is 22.4 Å². The van der Waals surface area contributed by atoms with Crippen LogP contribution in [0.15, 0.2) is 83.3 Å². The lowest BCUT2D eigenvalue weighted by molar-refractivity contribution is 0.0523. The molecular weight excluding hydrogens is 647 g/mol. The van der Waals surface area contributed by atoms with Crippen LogP contribution in [0.5, 0.6) is 0 Å². The summed E-state index contributed by atoms with van der Waals surface area (Å²) in [5.41, 5.74) is 4.22. The molecule has 0 atom stereocenters. The van der Waals surface area contributed by atoms with Gasteiger partial charge in [0, 0.05) is 47.6 Å². The number of benzene rings is 4. The first-order valence-electron chi connectivity index (χ1n) is 15.4. The number of nitrogens with one attached hydrogen (secondary N) is 1. The Kier molecular flexibility index (Phi) is 8.31. The molecule has 49 heavy (non-hydrogen) atoms. The summed E-state index contributed by atoms with van der Waals surface area (Å²) in [5, 5.41) is 8.29. The van der Waals surface area contributed by atoms with Crippen LogP contribution < -0.4 is 9.62 Å². The number of carbonyl (C=O) groups excluding carboxylic acids is 2. The van der Waals surface area contributed by atoms with Crippen LogP contribution in [0.4, 0.5) is 14.9 Å². The number of carbonyl (C=O) groups is 2. The number of fused-ring (bicyclic) bond motifs is 2. The highest BCUT2D eigenvalue weighted by atomic mass is 32.2. The van der Waals surface area contributed by atoms with E-state index in [1.54, 1.807) is 63.2 Å². The van der Waals surface area contributed by atoms with Crippen molar-refractivity contribution >= 4 is 49.6 Å². The molecule has 1 N–H and O–H groups in total. The van der Waals surface area contributed by atoms with Crippen molar-refractivity contribution in [1.82, 2.24) is 15.1 Å². The van der Waals surface area contributed by atoms with E-state index in [1.807, 2.05) is 31.2 Å². The second-order valence-electron chi connectivity index (χ2n) is 12.8. The summed E-state index contributed by atoms with van der Waals surface area (Å²) in [5.74, 6) is -0.469. The van der Waals surface area contributed by atoms with Gasteiger partial charge >= 0.3 is 6.09 Å². The third kappa shape index (κ3) is 6.39. The van der Waals surface area contributed by atoms with Crippen molar-refractivity contribution in [2.75, 3.05) is 24.7 Å². The van der Waals surface area contributed by atoms with Crippen LogP contribution in [0.2, 0.25) is 0 Å². The van der Waals surface area contributed by atoms with Crippen LogP contribution in [0.1, 0.15) is 36.7 Å². The van der Waals surface area contributed by atoms with Crippen molar-refractivity contribution in [2.24, 2.45) is 0 Å². The maximum atomic E-state index is 13.9. The lowest BCUT2D eigenvalue weighted by atomic mass is 9.96. The number of aryl methyl sites for hydroxylation is 1. The maximum Gasteiger partial charge on any atom is 0.435 e. The van der Waals surface area contributed by atoms with Crippen molar-refractivity contribution in [3.8, 4) is 33.7 Å². The van der Waals surface area contributed by atoms with Gasteiger partial charge in [0.15, 0.2) is 0 Å². The van der Waals surface area contributed by atoms with Gasteiger partial charge in [-0.3, -0.25) is 9.10 Å². The largest absolute Gasteiger partial charge is 0.455 e. The number of rotatable bonds is 6. The van der Waals surface area contributed by atoms with Gasteiger partial charge in [-0.2, -0.15) is 9.78 Å². The zero-order chi connectivity index (χ0) is 35.4. The van der Waals surface area contributed by atoms with Crippen LogP contribution in [-0.4, -0.2) is 56.2 Å². The van der Waals surface area contributed by atoms with Crippen molar-refractivity contribution in [3.63, 3.8) is 0 Å². The second kappa shape index (κ2) is 12.2. The Balaban J connectivity index is 1.65. The van der Waals surface area contributed by atoms with Crippen LogP contribution in [-0.2, 0) is 14.8 Å². The first kappa shape index (κ1) is 33.4. The third-order valence-corrected chi connectivity index (χ3v) is 9.28. The number of nitrogens with zero attached hydrogens (tertiary/aromatic N) is 3. The Labute approximate surface area is 283 Å². The predicted molar refractivity (Wildman–Crippen MR) is 189 cm³/mol. The van der Waals surface area contributed by atoms with Gasteiger partial charge in [0.1, 0.15) is 28.5 Å². The molecule has 0 aliphatic rings. The quantitative estimate of drug-likeness (QED) is 0.190. The molecule has 0 fully saturated rings. The predicted octanol–water partition coefficient (Wildman–Crippen LogP) is 7.77. The molecule has 0 saturated heterocycles. The Hall–Kier alpha value is -5.49. The molecule has 10 nitrogen and oxygen atoms in total. The van der Waals surface area contributed by atoms with Gasteiger partial charge in [-0.25, -0.2) is 17.6 Å². The van der Waals surface area contributed by atoms with Gasteiger partial charge in [-0.1, -0.05) is 35.9 Å². The molecule has 4 aromatic carbocycles. The average molecular weight is 683 g/mol. The minimum Gasteiger partial charge on any atom is -0.455 e. The van der Waals surface area contributed by atoms with Gasteiger partial charge in [-0.05, 0) is 75.7 Å². The summed E-state index contributed by atoms with van der Waals surface area (Å²) in [7, 11) is -0.794. The molecule has 0 spiro atoms. The number of amides is 1. The van der Waals surface area contributed by atoms with Crippen molar-refractivity contribution in [2.45, 2.75) is 33.3 Å². The summed E-state index contributed by atoms with van der Waals surface area (Å²) >= 11 is 0. The Morgan fingerprint density at radius 3 is 2.16 bits per heavy atom. The first-order chi connectivity index (χ1) is 23.1. The Bertz CT molecular complexity index is 2370.